The zero-order chi connectivity index (χ0) is 45.5. The van der Waals surface area contributed by atoms with Gasteiger partial charge in [0, 0.05) is 107 Å². The van der Waals surface area contributed by atoms with Crippen molar-refractivity contribution in [2.45, 2.75) is 101 Å². The van der Waals surface area contributed by atoms with Gasteiger partial charge in [0.1, 0.15) is 36.4 Å². The number of amides is 2. The predicted octanol–water partition coefficient (Wildman–Crippen LogP) is 5.60. The number of nitriles is 1. The van der Waals surface area contributed by atoms with Crippen molar-refractivity contribution in [1.82, 2.24) is 50.1 Å². The lowest BCUT2D eigenvalue weighted by atomic mass is 9.76. The van der Waals surface area contributed by atoms with Crippen LogP contribution in [0, 0.1) is 34.5 Å². The normalized spacial score (nSPS) is 29.7. The maximum absolute atomic E-state index is 15.2. The SMILES string of the molecule is C[C@@H]1[C@@H](C(=O)N[C@@H]2C(=O)N3CCC[C@H](N3)C(=O)OCC(C)(C)Cc3c(-c4cccnc4)n([C@H]4CC[C@H](C#N)C4)c4ccc(cc34)-c3coc(n3)[C@H]2N2CC3(CCN3C)C2)[C@@H]1c1ccncn1. The van der Waals surface area contributed by atoms with Gasteiger partial charge in [-0.2, -0.15) is 5.26 Å². The minimum atomic E-state index is -1.11. The van der Waals surface area contributed by atoms with Gasteiger partial charge in [-0.25, -0.2) is 20.4 Å². The van der Waals surface area contributed by atoms with E-state index in [2.05, 4.69) is 91.3 Å². The van der Waals surface area contributed by atoms with E-state index in [9.17, 15) is 14.9 Å². The molecule has 3 saturated heterocycles. The van der Waals surface area contributed by atoms with E-state index in [4.69, 9.17) is 14.1 Å². The summed E-state index contributed by atoms with van der Waals surface area (Å²) in [6, 6.07) is 12.3. The number of aromatic nitrogens is 5. The molecular formula is C50H57N11O5. The zero-order valence-corrected chi connectivity index (χ0v) is 38.0. The van der Waals surface area contributed by atoms with Crippen molar-refractivity contribution in [2.75, 3.05) is 39.8 Å². The van der Waals surface area contributed by atoms with Crippen LogP contribution in [0.3, 0.4) is 0 Å². The highest BCUT2D eigenvalue weighted by atomic mass is 16.5. The van der Waals surface area contributed by atoms with Gasteiger partial charge < -0.3 is 19.0 Å². The van der Waals surface area contributed by atoms with Crippen molar-refractivity contribution in [1.29, 1.82) is 5.26 Å². The average Bonchev–Trinajstić information content (AvgIpc) is 3.69. The highest BCUT2D eigenvalue weighted by molar-refractivity contribution is 5.95. The quantitative estimate of drug-likeness (QED) is 0.201. The standard InChI is InChI=1S/C50H57N11O5/c1-29-40(36-13-16-53-28-54-36)41(29)45(62)56-42-44(59-25-50(26-59)14-18-58(50)4)46-55-38(24-65-46)31-10-12-39-34(20-31)35(21-49(2,3)27-66-48(64)37-8-6-17-60(57-37)47(42)63)43(32-7-5-15-52-23-32)61(39)33-11-9-30(19-33)22-51/h5,7,10,12-13,15-16,20,23-24,28-30,33,37,40-42,44,57H,6,8-9,11,14,17-19,21,25-27H2,1-4H3,(H,56,62)/t29-,30-,33-,37-,40-,41+,42-,44-/m0/s1. The van der Waals surface area contributed by atoms with Crippen LogP contribution >= 0.6 is 0 Å². The summed E-state index contributed by atoms with van der Waals surface area (Å²) in [6.45, 7) is 9.06. The molecule has 8 heterocycles. The first kappa shape index (κ1) is 42.6. The number of hydrazine groups is 1. The van der Waals surface area contributed by atoms with Crippen LogP contribution in [0.1, 0.15) is 94.4 Å². The van der Waals surface area contributed by atoms with Crippen molar-refractivity contribution >= 4 is 28.7 Å². The molecule has 16 heteroatoms. The van der Waals surface area contributed by atoms with Crippen LogP contribution in [0.2, 0.25) is 0 Å². The molecule has 2 N–H and O–H groups in total. The summed E-state index contributed by atoms with van der Waals surface area (Å²) in [5.74, 6) is -1.26. The van der Waals surface area contributed by atoms with Crippen LogP contribution < -0.4 is 10.7 Å². The minimum absolute atomic E-state index is 0.00297. The van der Waals surface area contributed by atoms with Crippen molar-refractivity contribution < 1.29 is 23.5 Å². The average molecular weight is 892 g/mol. The van der Waals surface area contributed by atoms with Gasteiger partial charge in [0.25, 0.3) is 5.91 Å². The lowest BCUT2D eigenvalue weighted by Crippen LogP contribution is -2.77. The lowest BCUT2D eigenvalue weighted by Gasteiger charge is -2.63. The third kappa shape index (κ3) is 7.36. The number of nitrogens with zero attached hydrogens (tertiary/aromatic N) is 9. The molecule has 0 radical (unpaired) electrons. The van der Waals surface area contributed by atoms with Gasteiger partial charge in [-0.3, -0.25) is 34.2 Å². The Morgan fingerprint density at radius 3 is 2.64 bits per heavy atom. The number of esters is 1. The summed E-state index contributed by atoms with van der Waals surface area (Å²) < 4.78 is 15.1. The molecule has 342 valence electrons. The number of carbonyl (C=O) groups excluding carboxylic acids is 3. The van der Waals surface area contributed by atoms with E-state index in [1.165, 1.54) is 11.3 Å². The minimum Gasteiger partial charge on any atom is -0.464 e. The van der Waals surface area contributed by atoms with Crippen LogP contribution in [0.25, 0.3) is 33.4 Å². The Kier molecular flexibility index (Phi) is 10.6. The zero-order valence-electron chi connectivity index (χ0n) is 38.0. The van der Waals surface area contributed by atoms with E-state index in [0.717, 1.165) is 71.2 Å². The smallest absolute Gasteiger partial charge is 0.324 e. The number of rotatable bonds is 6. The number of pyridine rings is 1. The molecule has 2 aliphatic carbocycles. The van der Waals surface area contributed by atoms with Crippen molar-refractivity contribution in [3.05, 3.63) is 84.7 Å². The second-order valence-corrected chi connectivity index (χ2v) is 20.6. The number of nitrogens with one attached hydrogen (secondary N) is 2. The van der Waals surface area contributed by atoms with Crippen molar-refractivity contribution in [3.8, 4) is 28.6 Å². The number of oxazole rings is 1. The van der Waals surface area contributed by atoms with Gasteiger partial charge in [-0.05, 0) is 93.8 Å². The van der Waals surface area contributed by atoms with E-state index in [1.54, 1.807) is 18.7 Å². The number of carbonyl (C=O) groups is 3. The summed E-state index contributed by atoms with van der Waals surface area (Å²) in [7, 11) is 2.13. The molecule has 0 unspecified atom stereocenters. The molecule has 5 aromatic rings. The lowest BCUT2D eigenvalue weighted by molar-refractivity contribution is -0.160. The highest BCUT2D eigenvalue weighted by Gasteiger charge is 2.58. The molecule has 6 aliphatic rings. The molecular weight excluding hydrogens is 835 g/mol. The van der Waals surface area contributed by atoms with Crippen LogP contribution in [0.4, 0.5) is 0 Å². The largest absolute Gasteiger partial charge is 0.464 e. The van der Waals surface area contributed by atoms with Gasteiger partial charge in [0.05, 0.1) is 18.4 Å². The Labute approximate surface area is 384 Å². The molecule has 8 atom stereocenters. The third-order valence-corrected chi connectivity index (χ3v) is 15.7. The Balaban J connectivity index is 1.05. The molecule has 2 amide bonds. The number of ether oxygens (including phenoxy) is 1. The number of fused-ring (bicyclic) bond motifs is 6. The van der Waals surface area contributed by atoms with Gasteiger partial charge in [0.2, 0.25) is 11.8 Å². The van der Waals surface area contributed by atoms with Crippen LogP contribution in [-0.4, -0.2) is 115 Å². The fourth-order valence-corrected chi connectivity index (χ4v) is 11.8. The van der Waals surface area contributed by atoms with E-state index < -0.39 is 35.4 Å². The number of likely N-dealkylation sites (tertiary alicyclic amines) is 2. The van der Waals surface area contributed by atoms with Gasteiger partial charge >= 0.3 is 5.97 Å². The first-order valence-electron chi connectivity index (χ1n) is 23.6. The molecule has 11 rings (SSSR count). The van der Waals surface area contributed by atoms with Gasteiger partial charge in [-0.1, -0.05) is 26.8 Å². The Hall–Kier alpha value is -6.02. The second kappa shape index (κ2) is 16.4. The second-order valence-electron chi connectivity index (χ2n) is 20.6. The van der Waals surface area contributed by atoms with E-state index in [0.29, 0.717) is 50.5 Å². The van der Waals surface area contributed by atoms with Crippen LogP contribution in [0.15, 0.2) is 72.0 Å². The summed E-state index contributed by atoms with van der Waals surface area (Å²) in [5.41, 5.74) is 9.12. The van der Waals surface area contributed by atoms with Gasteiger partial charge in [-0.15, -0.1) is 0 Å². The maximum Gasteiger partial charge on any atom is 0.324 e. The number of hydrogen-bond donors (Lipinski definition) is 2. The molecule has 5 fully saturated rings. The summed E-state index contributed by atoms with van der Waals surface area (Å²) >= 11 is 0. The molecule has 2 saturated carbocycles. The Bertz CT molecular complexity index is 2720. The van der Waals surface area contributed by atoms with E-state index >= 15 is 4.79 Å². The summed E-state index contributed by atoms with van der Waals surface area (Å²) in [6.07, 6.45) is 13.6. The number of cyclic esters (lactones) is 1. The predicted molar refractivity (Wildman–Crippen MR) is 243 cm³/mol. The molecule has 1 spiro atoms. The molecule has 6 bridgehead atoms. The van der Waals surface area contributed by atoms with E-state index in [-0.39, 0.29) is 47.8 Å². The van der Waals surface area contributed by atoms with Crippen LogP contribution in [-0.2, 0) is 25.5 Å². The molecule has 4 aromatic heterocycles. The first-order valence-corrected chi connectivity index (χ1v) is 23.6. The number of likely N-dealkylation sites (N-methyl/N-ethyl adjacent to an activating group) is 1. The van der Waals surface area contributed by atoms with E-state index in [1.807, 2.05) is 25.3 Å². The highest BCUT2D eigenvalue weighted by Crippen LogP contribution is 2.53. The topological polar surface area (TPSA) is 188 Å². The Morgan fingerprint density at radius 2 is 1.91 bits per heavy atom. The summed E-state index contributed by atoms with van der Waals surface area (Å²) in [5, 5.41) is 15.8. The van der Waals surface area contributed by atoms with Crippen molar-refractivity contribution in [3.63, 3.8) is 0 Å². The van der Waals surface area contributed by atoms with Crippen LogP contribution in [0.5, 0.6) is 0 Å². The van der Waals surface area contributed by atoms with Gasteiger partial charge in [0.15, 0.2) is 0 Å². The number of hydrogen-bond acceptors (Lipinski definition) is 13. The first-order chi connectivity index (χ1) is 31.9. The fourth-order valence-electron chi connectivity index (χ4n) is 11.8. The fraction of sp³-hybridized carbons (Fsp3) is 0.520. The monoisotopic (exact) mass is 891 g/mol. The molecule has 66 heavy (non-hydrogen) atoms. The molecule has 4 aliphatic heterocycles. The number of benzene rings is 1. The maximum atomic E-state index is 15.2. The van der Waals surface area contributed by atoms with Crippen molar-refractivity contribution in [2.24, 2.45) is 23.2 Å². The molecule has 16 nitrogen and oxygen atoms in total. The Morgan fingerprint density at radius 1 is 1.05 bits per heavy atom. The third-order valence-electron chi connectivity index (χ3n) is 15.7. The molecule has 1 aromatic carbocycles. The summed E-state index contributed by atoms with van der Waals surface area (Å²) in [4.78, 5) is 66.8.